The first-order valence-corrected chi connectivity index (χ1v) is 12.9. The Labute approximate surface area is 219 Å². The van der Waals surface area contributed by atoms with E-state index in [0.717, 1.165) is 23.3 Å². The van der Waals surface area contributed by atoms with Crippen molar-refractivity contribution in [3.63, 3.8) is 0 Å². The number of fused-ring (bicyclic) bond motifs is 1. The molecule has 11 heteroatoms. The highest BCUT2D eigenvalue weighted by Crippen LogP contribution is 2.45. The number of para-hydroxylation sites is 1. The minimum Gasteiger partial charge on any atom is -0.487 e. The van der Waals surface area contributed by atoms with E-state index in [9.17, 15) is 22.8 Å². The lowest BCUT2D eigenvalue weighted by atomic mass is 9.69. The lowest BCUT2D eigenvalue weighted by Crippen LogP contribution is -2.57. The molecule has 1 aromatic carbocycles. The number of aromatic nitrogens is 2. The molecule has 2 aromatic rings. The second kappa shape index (κ2) is 9.59. The fourth-order valence-corrected chi connectivity index (χ4v) is 6.02. The third-order valence-electron chi connectivity index (χ3n) is 8.05. The van der Waals surface area contributed by atoms with Gasteiger partial charge in [-0.3, -0.25) is 9.69 Å². The Hall–Kier alpha value is -3.08. The van der Waals surface area contributed by atoms with Crippen molar-refractivity contribution in [1.29, 1.82) is 0 Å². The van der Waals surface area contributed by atoms with Gasteiger partial charge in [-0.15, -0.1) is 0 Å². The van der Waals surface area contributed by atoms with E-state index in [1.165, 1.54) is 0 Å². The van der Waals surface area contributed by atoms with Crippen molar-refractivity contribution >= 4 is 11.9 Å². The maximum absolute atomic E-state index is 13.2. The van der Waals surface area contributed by atoms with Gasteiger partial charge in [-0.25, -0.2) is 9.78 Å². The van der Waals surface area contributed by atoms with Crippen LogP contribution in [-0.2, 0) is 29.5 Å². The molecule has 0 saturated carbocycles. The molecular formula is C27H33F3N4O4. The van der Waals surface area contributed by atoms with E-state index < -0.39 is 23.7 Å². The molecule has 1 aromatic heterocycles. The summed E-state index contributed by atoms with van der Waals surface area (Å²) in [5, 5.41) is 0. The van der Waals surface area contributed by atoms with Gasteiger partial charge in [0.2, 0.25) is 0 Å². The number of imidazole rings is 1. The molecule has 0 bridgehead atoms. The highest BCUT2D eigenvalue weighted by atomic mass is 19.4. The molecule has 3 aliphatic heterocycles. The quantitative estimate of drug-likeness (QED) is 0.557. The van der Waals surface area contributed by atoms with E-state index in [1.54, 1.807) is 29.0 Å². The molecule has 1 spiro atoms. The van der Waals surface area contributed by atoms with Crippen LogP contribution in [0, 0.1) is 5.41 Å². The molecule has 1 unspecified atom stereocenters. The number of hydrogen-bond acceptors (Lipinski definition) is 6. The van der Waals surface area contributed by atoms with Gasteiger partial charge in [-0.05, 0) is 45.2 Å². The van der Waals surface area contributed by atoms with Gasteiger partial charge in [-0.1, -0.05) is 18.2 Å². The third-order valence-corrected chi connectivity index (χ3v) is 8.05. The van der Waals surface area contributed by atoms with Crippen LogP contribution in [0.1, 0.15) is 54.7 Å². The Morgan fingerprint density at radius 2 is 1.87 bits per heavy atom. The number of benzene rings is 1. The number of carbonyl (C=O) groups excluding carboxylic acids is 2. The minimum absolute atomic E-state index is 0.184. The van der Waals surface area contributed by atoms with Crippen LogP contribution < -0.4 is 4.74 Å². The third kappa shape index (κ3) is 5.25. The van der Waals surface area contributed by atoms with Gasteiger partial charge in [0, 0.05) is 56.8 Å². The Morgan fingerprint density at radius 1 is 1.16 bits per heavy atom. The SMILES string of the molecule is Cn1cnc(C(=O)N2CCC3(CCN(Cc4cccc5c4OC(C)(C)C5)CC3OC(=O)C(F)(F)F)CC2)c1. The van der Waals surface area contributed by atoms with Crippen molar-refractivity contribution in [3.8, 4) is 5.75 Å². The van der Waals surface area contributed by atoms with Crippen LogP contribution in [0.15, 0.2) is 30.7 Å². The van der Waals surface area contributed by atoms with Gasteiger partial charge in [-0.2, -0.15) is 13.2 Å². The Bertz CT molecular complexity index is 1220. The Morgan fingerprint density at radius 3 is 2.53 bits per heavy atom. The van der Waals surface area contributed by atoms with Gasteiger partial charge in [0.15, 0.2) is 0 Å². The summed E-state index contributed by atoms with van der Waals surface area (Å²) in [6, 6.07) is 5.98. The maximum Gasteiger partial charge on any atom is 0.490 e. The molecule has 8 nitrogen and oxygen atoms in total. The van der Waals surface area contributed by atoms with E-state index in [4.69, 9.17) is 9.47 Å². The summed E-state index contributed by atoms with van der Waals surface area (Å²) >= 11 is 0. The van der Waals surface area contributed by atoms with Crippen LogP contribution in [0.3, 0.4) is 0 Å². The van der Waals surface area contributed by atoms with E-state index in [2.05, 4.69) is 4.98 Å². The van der Waals surface area contributed by atoms with E-state index >= 15 is 0 Å². The van der Waals surface area contributed by atoms with Crippen LogP contribution in [-0.4, -0.2) is 75.3 Å². The van der Waals surface area contributed by atoms with Crippen molar-refractivity contribution in [2.75, 3.05) is 26.2 Å². The van der Waals surface area contributed by atoms with Crippen LogP contribution in [0.2, 0.25) is 0 Å². The van der Waals surface area contributed by atoms with E-state index in [-0.39, 0.29) is 18.1 Å². The van der Waals surface area contributed by atoms with Crippen LogP contribution in [0.4, 0.5) is 13.2 Å². The number of aryl methyl sites for hydroxylation is 1. The molecule has 2 saturated heterocycles. The van der Waals surface area contributed by atoms with Gasteiger partial charge in [0.1, 0.15) is 23.1 Å². The number of ether oxygens (including phenoxy) is 2. The molecule has 0 N–H and O–H groups in total. The molecule has 38 heavy (non-hydrogen) atoms. The second-order valence-corrected chi connectivity index (χ2v) is 11.4. The average molecular weight is 535 g/mol. The summed E-state index contributed by atoms with van der Waals surface area (Å²) in [5.74, 6) is -1.54. The number of piperidine rings is 2. The molecule has 0 aliphatic carbocycles. The number of likely N-dealkylation sites (tertiary alicyclic amines) is 2. The number of amides is 1. The molecule has 1 amide bonds. The number of halogens is 3. The summed E-state index contributed by atoms with van der Waals surface area (Å²) in [5.41, 5.74) is 1.48. The highest BCUT2D eigenvalue weighted by molar-refractivity contribution is 5.92. The van der Waals surface area contributed by atoms with Crippen molar-refractivity contribution in [2.45, 2.75) is 64.0 Å². The standard InChI is InChI=1S/C27H33F3N4O4/c1-25(2)13-18-5-4-6-19(22(18)38-25)14-33-10-7-26(21(16-33)37-24(36)27(28,29)30)8-11-34(12-9-26)23(35)20-15-32(3)17-31-20/h4-6,15,17,21H,7-14,16H2,1-3H3. The highest BCUT2D eigenvalue weighted by Gasteiger charge is 2.51. The van der Waals surface area contributed by atoms with Crippen LogP contribution in [0.5, 0.6) is 5.75 Å². The zero-order valence-electron chi connectivity index (χ0n) is 21.9. The summed E-state index contributed by atoms with van der Waals surface area (Å²) in [7, 11) is 1.78. The number of rotatable bonds is 4. The number of alkyl halides is 3. The van der Waals surface area contributed by atoms with Gasteiger partial charge >= 0.3 is 12.1 Å². The average Bonchev–Trinajstić information content (AvgIpc) is 3.42. The topological polar surface area (TPSA) is 76.9 Å². The first kappa shape index (κ1) is 26.5. The van der Waals surface area contributed by atoms with Gasteiger partial charge in [0.05, 0.1) is 6.33 Å². The molecule has 4 heterocycles. The maximum atomic E-state index is 13.2. The molecule has 0 radical (unpaired) electrons. The molecule has 1 atom stereocenters. The number of esters is 1. The van der Waals surface area contributed by atoms with E-state index in [1.807, 2.05) is 36.9 Å². The second-order valence-electron chi connectivity index (χ2n) is 11.4. The van der Waals surface area contributed by atoms with Crippen molar-refractivity contribution in [2.24, 2.45) is 12.5 Å². The fraction of sp³-hybridized carbons (Fsp3) is 0.593. The Balaban J connectivity index is 1.31. The summed E-state index contributed by atoms with van der Waals surface area (Å²) < 4.78 is 52.7. The summed E-state index contributed by atoms with van der Waals surface area (Å²) in [4.78, 5) is 32.6. The first-order valence-electron chi connectivity index (χ1n) is 12.9. The smallest absolute Gasteiger partial charge is 0.487 e. The molecule has 5 rings (SSSR count). The Kier molecular flexibility index (Phi) is 6.69. The first-order chi connectivity index (χ1) is 17.9. The monoisotopic (exact) mass is 534 g/mol. The summed E-state index contributed by atoms with van der Waals surface area (Å²) in [6.45, 7) is 6.09. The lowest BCUT2D eigenvalue weighted by molar-refractivity contribution is -0.216. The predicted molar refractivity (Wildman–Crippen MR) is 131 cm³/mol. The largest absolute Gasteiger partial charge is 0.490 e. The van der Waals surface area contributed by atoms with Crippen LogP contribution >= 0.6 is 0 Å². The number of hydrogen-bond donors (Lipinski definition) is 0. The zero-order valence-corrected chi connectivity index (χ0v) is 21.9. The zero-order chi connectivity index (χ0) is 27.3. The summed E-state index contributed by atoms with van der Waals surface area (Å²) in [6.07, 6.45) is -0.556. The predicted octanol–water partition coefficient (Wildman–Crippen LogP) is 3.74. The van der Waals surface area contributed by atoms with Gasteiger partial charge < -0.3 is 18.9 Å². The minimum atomic E-state index is -5.07. The molecule has 2 fully saturated rings. The van der Waals surface area contributed by atoms with Crippen LogP contribution in [0.25, 0.3) is 0 Å². The number of nitrogens with zero attached hydrogens (tertiary/aromatic N) is 4. The fourth-order valence-electron chi connectivity index (χ4n) is 6.02. The van der Waals surface area contributed by atoms with Crippen molar-refractivity contribution < 1.29 is 32.2 Å². The van der Waals surface area contributed by atoms with E-state index in [0.29, 0.717) is 51.1 Å². The lowest BCUT2D eigenvalue weighted by Gasteiger charge is -2.50. The molecule has 206 valence electrons. The number of carbonyl (C=O) groups is 2. The van der Waals surface area contributed by atoms with Crippen molar-refractivity contribution in [1.82, 2.24) is 19.4 Å². The van der Waals surface area contributed by atoms with Crippen molar-refractivity contribution in [3.05, 3.63) is 47.5 Å². The molecule has 3 aliphatic rings. The molecular weight excluding hydrogens is 501 g/mol. The normalized spacial score (nSPS) is 22.7. The van der Waals surface area contributed by atoms with Gasteiger partial charge in [0.25, 0.3) is 5.91 Å².